The molecule has 0 unspecified atom stereocenters. The Kier molecular flexibility index (Phi) is 7.38. The fourth-order valence-corrected chi connectivity index (χ4v) is 6.19. The molecule has 7 nitrogen and oxygen atoms in total. The number of para-hydroxylation sites is 1. The zero-order valence-electron chi connectivity index (χ0n) is 21.2. The molecule has 0 fully saturated rings. The van der Waals surface area contributed by atoms with Gasteiger partial charge in [0.1, 0.15) is 5.82 Å². The largest absolute Gasteiger partial charge is 0.493 e. The number of methoxy groups -OCH3 is 1. The van der Waals surface area contributed by atoms with E-state index in [4.69, 9.17) is 9.47 Å². The van der Waals surface area contributed by atoms with E-state index >= 15 is 0 Å². The summed E-state index contributed by atoms with van der Waals surface area (Å²) >= 11 is 3.54. The number of nitrogens with zero attached hydrogens (tertiary/aromatic N) is 1. The number of benzene rings is 2. The van der Waals surface area contributed by atoms with E-state index in [1.165, 1.54) is 25.3 Å². The molecule has 2 aromatic rings. The van der Waals surface area contributed by atoms with Crippen LogP contribution in [0.15, 0.2) is 63.4 Å². The smallest absolute Gasteiger partial charge is 0.262 e. The summed E-state index contributed by atoms with van der Waals surface area (Å²) in [4.78, 5) is 41.0. The van der Waals surface area contributed by atoms with Crippen LogP contribution in [0.3, 0.4) is 0 Å². The van der Waals surface area contributed by atoms with Crippen LogP contribution in [-0.2, 0) is 14.4 Å². The second kappa shape index (κ2) is 10.7. The van der Waals surface area contributed by atoms with E-state index in [-0.39, 0.29) is 23.9 Å². The highest BCUT2D eigenvalue weighted by molar-refractivity contribution is 9.10. The second-order valence-electron chi connectivity index (χ2n) is 9.62. The van der Waals surface area contributed by atoms with Crippen molar-refractivity contribution in [3.05, 3.63) is 74.8 Å². The van der Waals surface area contributed by atoms with Gasteiger partial charge in [0, 0.05) is 48.3 Å². The van der Waals surface area contributed by atoms with E-state index < -0.39 is 17.6 Å². The van der Waals surface area contributed by atoms with Gasteiger partial charge in [-0.2, -0.15) is 0 Å². The van der Waals surface area contributed by atoms with Crippen LogP contribution in [-0.4, -0.2) is 43.1 Å². The highest BCUT2D eigenvalue weighted by Gasteiger charge is 2.42. The number of hydrogen-bond acceptors (Lipinski definition) is 6. The molecule has 1 aliphatic heterocycles. The molecule has 0 aromatic heterocycles. The highest BCUT2D eigenvalue weighted by Crippen LogP contribution is 2.50. The number of anilines is 1. The van der Waals surface area contributed by atoms with E-state index in [9.17, 15) is 18.8 Å². The maximum Gasteiger partial charge on any atom is 0.262 e. The van der Waals surface area contributed by atoms with Crippen LogP contribution in [0.5, 0.6) is 11.5 Å². The van der Waals surface area contributed by atoms with E-state index in [1.807, 2.05) is 13.1 Å². The monoisotopic (exact) mass is 582 g/mol. The molecule has 1 N–H and O–H groups in total. The van der Waals surface area contributed by atoms with Crippen LogP contribution in [0.2, 0.25) is 0 Å². The van der Waals surface area contributed by atoms with Crippen molar-refractivity contribution in [1.82, 2.24) is 4.90 Å². The van der Waals surface area contributed by atoms with Crippen molar-refractivity contribution < 1.29 is 28.2 Å². The van der Waals surface area contributed by atoms with Crippen molar-refractivity contribution in [2.75, 3.05) is 26.1 Å². The zero-order chi connectivity index (χ0) is 27.0. The number of halogens is 2. The van der Waals surface area contributed by atoms with Crippen molar-refractivity contribution in [2.24, 2.45) is 0 Å². The van der Waals surface area contributed by atoms with Gasteiger partial charge in [-0.05, 0) is 71.4 Å². The van der Waals surface area contributed by atoms with Crippen LogP contribution < -0.4 is 14.8 Å². The maximum atomic E-state index is 13.9. The molecule has 1 amide bonds. The summed E-state index contributed by atoms with van der Waals surface area (Å²) in [6, 6.07) is 9.47. The Bertz CT molecular complexity index is 1360. The lowest BCUT2D eigenvalue weighted by Gasteiger charge is -2.42. The summed E-state index contributed by atoms with van der Waals surface area (Å²) < 4.78 is 25.8. The van der Waals surface area contributed by atoms with Gasteiger partial charge in [-0.3, -0.25) is 14.4 Å². The van der Waals surface area contributed by atoms with Crippen LogP contribution in [0, 0.1) is 5.82 Å². The number of nitrogens with one attached hydrogen (secondary N) is 1. The fourth-order valence-electron chi connectivity index (χ4n) is 5.62. The summed E-state index contributed by atoms with van der Waals surface area (Å²) in [5, 5.41) is 2.49. The minimum Gasteiger partial charge on any atom is -0.493 e. The Hall–Kier alpha value is -3.46. The Morgan fingerprint density at radius 3 is 2.29 bits per heavy atom. The molecule has 0 radical (unpaired) electrons. The average molecular weight is 583 g/mol. The lowest BCUT2D eigenvalue weighted by Crippen LogP contribution is -2.37. The molecule has 38 heavy (non-hydrogen) atoms. The first-order valence-electron chi connectivity index (χ1n) is 12.6. The Morgan fingerprint density at radius 1 is 1.05 bits per heavy atom. The predicted molar refractivity (Wildman–Crippen MR) is 143 cm³/mol. The number of amides is 1. The number of carbonyl (C=O) groups is 3. The molecule has 198 valence electrons. The summed E-state index contributed by atoms with van der Waals surface area (Å²) in [7, 11) is 3.44. The zero-order valence-corrected chi connectivity index (χ0v) is 22.8. The minimum absolute atomic E-state index is 0.0622. The van der Waals surface area contributed by atoms with Gasteiger partial charge in [-0.15, -0.1) is 0 Å². The van der Waals surface area contributed by atoms with Gasteiger partial charge in [0.25, 0.3) is 5.91 Å². The van der Waals surface area contributed by atoms with E-state index in [1.54, 1.807) is 12.1 Å². The number of Topliss-reactive ketones (excluding diaryl/α,β-unsaturated/α-hetero) is 2. The molecule has 1 heterocycles. The van der Waals surface area contributed by atoms with Crippen LogP contribution in [0.4, 0.5) is 10.1 Å². The van der Waals surface area contributed by atoms with E-state index in [0.29, 0.717) is 40.0 Å². The molecule has 0 saturated heterocycles. The van der Waals surface area contributed by atoms with Crippen LogP contribution in [0.25, 0.3) is 0 Å². The highest BCUT2D eigenvalue weighted by atomic mass is 79.9. The number of allylic oxidation sites excluding steroid dienone is 4. The lowest BCUT2D eigenvalue weighted by atomic mass is 9.71. The van der Waals surface area contributed by atoms with Gasteiger partial charge in [0.05, 0.1) is 17.3 Å². The predicted octanol–water partition coefficient (Wildman–Crippen LogP) is 5.66. The van der Waals surface area contributed by atoms with Gasteiger partial charge in [0.15, 0.2) is 29.7 Å². The Morgan fingerprint density at radius 2 is 1.68 bits per heavy atom. The van der Waals surface area contributed by atoms with Crippen molar-refractivity contribution in [2.45, 2.75) is 44.4 Å². The first-order chi connectivity index (χ1) is 18.3. The number of ether oxygens (including phenoxy) is 2. The van der Waals surface area contributed by atoms with E-state index in [2.05, 4.69) is 26.1 Å². The Labute approximate surface area is 228 Å². The molecule has 3 aliphatic rings. The average Bonchev–Trinajstić information content (AvgIpc) is 2.90. The summed E-state index contributed by atoms with van der Waals surface area (Å²) in [5.74, 6) is -0.793. The van der Waals surface area contributed by atoms with Gasteiger partial charge >= 0.3 is 0 Å². The van der Waals surface area contributed by atoms with Crippen LogP contribution >= 0.6 is 15.9 Å². The number of rotatable bonds is 6. The molecular weight excluding hydrogens is 555 g/mol. The summed E-state index contributed by atoms with van der Waals surface area (Å²) in [5.41, 5.74) is 4.14. The number of carbonyl (C=O) groups excluding carboxylic acids is 3. The summed E-state index contributed by atoms with van der Waals surface area (Å²) in [6.07, 6.45) is 4.07. The van der Waals surface area contributed by atoms with Gasteiger partial charge in [-0.1, -0.05) is 12.1 Å². The normalized spacial score (nSPS) is 17.8. The van der Waals surface area contributed by atoms with Crippen molar-refractivity contribution in [1.29, 1.82) is 0 Å². The lowest BCUT2D eigenvalue weighted by molar-refractivity contribution is -0.118. The van der Waals surface area contributed by atoms with Gasteiger partial charge in [-0.25, -0.2) is 4.39 Å². The number of ketones is 2. The number of hydrogen-bond donors (Lipinski definition) is 1. The third kappa shape index (κ3) is 4.75. The standard InChI is InChI=1S/C29H28BrFN2O5/c1-33-20-9-5-11-22(34)27(20)26(28-21(33)10-6-12-23(28)35)16-13-17(30)29(24(14-16)37-2)38-15-25(36)32-19-8-4-3-7-18(19)31/h3-4,7-8,13-14,26H,5-6,9-12,15H2,1-2H3,(H,32,36). The molecule has 9 heteroatoms. The third-order valence-electron chi connectivity index (χ3n) is 7.33. The van der Waals surface area contributed by atoms with Crippen molar-refractivity contribution in [3.63, 3.8) is 0 Å². The molecule has 0 bridgehead atoms. The van der Waals surface area contributed by atoms with Crippen molar-refractivity contribution in [3.8, 4) is 11.5 Å². The van der Waals surface area contributed by atoms with Crippen molar-refractivity contribution >= 4 is 39.1 Å². The molecule has 2 aromatic carbocycles. The van der Waals surface area contributed by atoms with Gasteiger partial charge < -0.3 is 19.7 Å². The molecule has 0 atom stereocenters. The Balaban J connectivity index is 1.48. The maximum absolute atomic E-state index is 13.9. The first kappa shape index (κ1) is 26.2. The quantitative estimate of drug-likeness (QED) is 0.473. The molecule has 5 rings (SSSR count). The first-order valence-corrected chi connectivity index (χ1v) is 13.4. The fraction of sp³-hybridized carbons (Fsp3) is 0.345. The molecule has 2 aliphatic carbocycles. The minimum atomic E-state index is -0.543. The van der Waals surface area contributed by atoms with E-state index in [0.717, 1.165) is 42.6 Å². The van der Waals surface area contributed by atoms with Gasteiger partial charge in [0.2, 0.25) is 0 Å². The molecular formula is C29H28BrFN2O5. The van der Waals surface area contributed by atoms with Crippen LogP contribution in [0.1, 0.15) is 50.0 Å². The third-order valence-corrected chi connectivity index (χ3v) is 7.91. The summed E-state index contributed by atoms with van der Waals surface area (Å²) in [6.45, 7) is -0.377. The molecule has 0 spiro atoms. The SMILES string of the molecule is COc1cc(C2C3=C(CCCC3=O)N(C)C3=C2C(=O)CCC3)cc(Br)c1OCC(=O)Nc1ccccc1F. The molecule has 0 saturated carbocycles. The topological polar surface area (TPSA) is 84.9 Å². The second-order valence-corrected chi connectivity index (χ2v) is 10.5.